The van der Waals surface area contributed by atoms with Gasteiger partial charge in [0.2, 0.25) is 0 Å². The van der Waals surface area contributed by atoms with Crippen molar-refractivity contribution in [2.45, 2.75) is 7.43 Å². The van der Waals surface area contributed by atoms with E-state index in [4.69, 9.17) is 19.2 Å². The summed E-state index contributed by atoms with van der Waals surface area (Å²) < 4.78 is 8.88. The molecule has 0 spiro atoms. The van der Waals surface area contributed by atoms with Crippen LogP contribution in [0.4, 0.5) is 0 Å². The van der Waals surface area contributed by atoms with Gasteiger partial charge in [0.25, 0.3) is 0 Å². The highest BCUT2D eigenvalue weighted by molar-refractivity contribution is 7.45. The van der Waals surface area contributed by atoms with Gasteiger partial charge in [-0.3, -0.25) is 0 Å². The Kier molecular flexibility index (Phi) is 9.51. The molecule has 3 N–H and O–H groups in total. The number of rotatable bonds is 0. The Labute approximate surface area is 41.8 Å². The van der Waals surface area contributed by atoms with E-state index in [0.717, 1.165) is 0 Å². The molecule has 0 amide bonds. The predicted octanol–water partition coefficient (Wildman–Crippen LogP) is -0.773. The van der Waals surface area contributed by atoms with Crippen molar-refractivity contribution in [3.8, 4) is 0 Å². The second kappa shape index (κ2) is 4.23. The maximum atomic E-state index is 8.88. The Morgan fingerprint density at radius 2 is 1.14 bits per heavy atom. The lowest BCUT2D eigenvalue weighted by molar-refractivity contribution is 0.275. The molecule has 7 heavy (non-hydrogen) atoms. The van der Waals surface area contributed by atoms with Crippen molar-refractivity contribution >= 4 is 7.82 Å². The minimum atomic E-state index is -4.64. The molecule has 0 aliphatic carbocycles. The lowest BCUT2D eigenvalue weighted by Gasteiger charge is -1.82. The summed E-state index contributed by atoms with van der Waals surface area (Å²) in [7, 11) is -4.64. The maximum Gasteiger partial charge on any atom is 0.466 e. The molecule has 0 atom stereocenters. The van der Waals surface area contributed by atoms with Crippen molar-refractivity contribution in [3.63, 3.8) is 0 Å². The van der Waals surface area contributed by atoms with Crippen LogP contribution in [0.2, 0.25) is 0 Å². The van der Waals surface area contributed by atoms with Gasteiger partial charge in [-0.25, -0.2) is 4.57 Å². The Morgan fingerprint density at radius 3 is 1.14 bits per heavy atom. The normalized spacial score (nSPS) is 8.43. The molecule has 0 aromatic rings. The largest absolute Gasteiger partial charge is 0.466 e. The zero-order valence-electron chi connectivity index (χ0n) is 2.64. The van der Waals surface area contributed by atoms with Gasteiger partial charge in [0.1, 0.15) is 0 Å². The first-order chi connectivity index (χ1) is 2.00. The van der Waals surface area contributed by atoms with Crippen molar-refractivity contribution in [3.05, 3.63) is 0 Å². The average Bonchev–Trinajstić information content (AvgIpc) is 0.722. The maximum absolute atomic E-state index is 8.88. The lowest BCUT2D eigenvalue weighted by Crippen LogP contribution is -1.66. The Balaban J connectivity index is -0.0000000800. The second-order valence-corrected chi connectivity index (χ2v) is 1.54. The summed E-state index contributed by atoms with van der Waals surface area (Å²) >= 11 is 0. The smallest absolute Gasteiger partial charge is 0.303 e. The molecule has 0 saturated heterocycles. The van der Waals surface area contributed by atoms with E-state index in [2.05, 4.69) is 0 Å². The molecule has 0 bridgehead atoms. The lowest BCUT2D eigenvalue weighted by atomic mass is 12.0. The van der Waals surface area contributed by atoms with Gasteiger partial charge in [-0.1, -0.05) is 7.43 Å². The van der Waals surface area contributed by atoms with Gasteiger partial charge in [-0.2, -0.15) is 0 Å². The zero-order chi connectivity index (χ0) is 4.50. The minimum Gasteiger partial charge on any atom is -0.303 e. The second-order valence-electron chi connectivity index (χ2n) is 0.513. The highest BCUT2D eigenvalue weighted by atomic mass is 31.2. The monoisotopic (exact) mass is 128 g/mol. The van der Waals surface area contributed by atoms with Crippen LogP contribution in [0.15, 0.2) is 0 Å². The molecule has 0 aliphatic rings. The number of hydrogen-bond acceptors (Lipinski definition) is 1. The zero-order valence-corrected chi connectivity index (χ0v) is 3.54. The van der Waals surface area contributed by atoms with E-state index >= 15 is 0 Å². The molecule has 5 nitrogen and oxygen atoms in total. The van der Waals surface area contributed by atoms with Crippen LogP contribution in [0, 0.1) is 0 Å². The molecule has 3 radical (unpaired) electrons. The van der Waals surface area contributed by atoms with Crippen LogP contribution >= 0.6 is 7.82 Å². The Hall–Kier alpha value is 0.0700. The fourth-order valence-corrected chi connectivity index (χ4v) is 0. The standard InChI is InChI=1S/CH4.N.H3O4P/c;;1-5(2,3)4/h1H4;;(H3,1,2,3,4). The van der Waals surface area contributed by atoms with Gasteiger partial charge in [-0.05, 0) is 0 Å². The summed E-state index contributed by atoms with van der Waals surface area (Å²) in [6.45, 7) is 0. The van der Waals surface area contributed by atoms with Crippen LogP contribution < -0.4 is 6.15 Å². The van der Waals surface area contributed by atoms with Gasteiger partial charge < -0.3 is 14.7 Å². The Morgan fingerprint density at radius 1 is 1.14 bits per heavy atom. The van der Waals surface area contributed by atoms with E-state index in [0.29, 0.717) is 0 Å². The summed E-state index contributed by atoms with van der Waals surface area (Å²) in [5, 5.41) is 0. The van der Waals surface area contributed by atoms with Crippen LogP contribution in [0.1, 0.15) is 7.43 Å². The van der Waals surface area contributed by atoms with E-state index in [1.165, 1.54) is 0 Å². The summed E-state index contributed by atoms with van der Waals surface area (Å²) in [4.78, 5) is 21.6. The van der Waals surface area contributed by atoms with Crippen LogP contribution in [0.3, 0.4) is 0 Å². The molecular formula is CH7NO4P. The minimum absolute atomic E-state index is 0. The topological polar surface area (TPSA) is 108 Å². The van der Waals surface area contributed by atoms with Crippen molar-refractivity contribution in [1.29, 1.82) is 0 Å². The molecule has 0 unspecified atom stereocenters. The number of phosphoric acid groups is 1. The first-order valence-corrected chi connectivity index (χ1v) is 2.35. The highest BCUT2D eigenvalue weighted by Gasteiger charge is 2.00. The SMILES string of the molecule is C.O=P(O)(O)O.[N]. The molecule has 0 aromatic heterocycles. The van der Waals surface area contributed by atoms with Crippen molar-refractivity contribution in [2.24, 2.45) is 0 Å². The molecular weight excluding hydrogens is 121 g/mol. The van der Waals surface area contributed by atoms with Gasteiger partial charge >= 0.3 is 7.82 Å². The highest BCUT2D eigenvalue weighted by Crippen LogP contribution is 2.25. The van der Waals surface area contributed by atoms with Gasteiger partial charge in [0, 0.05) is 6.15 Å². The molecule has 0 aromatic carbocycles. The van der Waals surface area contributed by atoms with E-state index in [1.807, 2.05) is 0 Å². The van der Waals surface area contributed by atoms with Crippen LogP contribution in [-0.4, -0.2) is 14.7 Å². The van der Waals surface area contributed by atoms with Crippen LogP contribution in [0.5, 0.6) is 0 Å². The van der Waals surface area contributed by atoms with E-state index < -0.39 is 7.82 Å². The van der Waals surface area contributed by atoms with E-state index in [9.17, 15) is 0 Å². The van der Waals surface area contributed by atoms with Crippen molar-refractivity contribution in [2.75, 3.05) is 0 Å². The van der Waals surface area contributed by atoms with Crippen molar-refractivity contribution in [1.82, 2.24) is 6.15 Å². The molecule has 0 saturated carbocycles. The van der Waals surface area contributed by atoms with Gasteiger partial charge in [-0.15, -0.1) is 0 Å². The summed E-state index contributed by atoms with van der Waals surface area (Å²) in [6, 6.07) is 0. The van der Waals surface area contributed by atoms with Crippen LogP contribution in [0.25, 0.3) is 0 Å². The molecule has 0 fully saturated rings. The molecule has 0 aliphatic heterocycles. The van der Waals surface area contributed by atoms with Gasteiger partial charge in [0.15, 0.2) is 0 Å². The van der Waals surface area contributed by atoms with Crippen LogP contribution in [-0.2, 0) is 4.57 Å². The molecule has 45 valence electrons. The summed E-state index contributed by atoms with van der Waals surface area (Å²) in [5.41, 5.74) is 0. The van der Waals surface area contributed by atoms with E-state index in [-0.39, 0.29) is 13.6 Å². The summed E-state index contributed by atoms with van der Waals surface area (Å²) in [5.74, 6) is 0. The molecule has 6 heteroatoms. The first-order valence-electron chi connectivity index (χ1n) is 0.783. The molecule has 0 heterocycles. The quantitative estimate of drug-likeness (QED) is 0.372. The number of nitrogens with zero attached hydrogens (tertiary/aromatic N) is 1. The Bertz CT molecular complexity index is 57.8. The third kappa shape index (κ3) is 20500. The molecule has 0 rings (SSSR count). The average molecular weight is 128 g/mol. The van der Waals surface area contributed by atoms with Gasteiger partial charge in [0.05, 0.1) is 0 Å². The van der Waals surface area contributed by atoms with Crippen molar-refractivity contribution < 1.29 is 19.2 Å². The van der Waals surface area contributed by atoms with E-state index in [1.54, 1.807) is 0 Å². The first kappa shape index (κ1) is 15.7. The third-order valence-electron chi connectivity index (χ3n) is 0. The fraction of sp³-hybridized carbons (Fsp3) is 1.00. The fourth-order valence-electron chi connectivity index (χ4n) is 0. The summed E-state index contributed by atoms with van der Waals surface area (Å²) in [6.07, 6.45) is 0. The third-order valence-corrected chi connectivity index (χ3v) is 0. The number of hydrogen-bond donors (Lipinski definition) is 3. The predicted molar refractivity (Wildman–Crippen MR) is 23.1 cm³/mol.